The van der Waals surface area contributed by atoms with E-state index in [1.807, 2.05) is 39.0 Å². The van der Waals surface area contributed by atoms with E-state index in [4.69, 9.17) is 39.9 Å². The lowest BCUT2D eigenvalue weighted by molar-refractivity contribution is -0.130. The van der Waals surface area contributed by atoms with Crippen molar-refractivity contribution in [2.24, 2.45) is 40.6 Å². The van der Waals surface area contributed by atoms with Crippen LogP contribution in [0.5, 0.6) is 34.6 Å². The number of carbonyl (C=O) groups excluding carboxylic acids is 2. The summed E-state index contributed by atoms with van der Waals surface area (Å²) in [6.45, 7) is 14.7. The SMILES string of the molecule is COCCCOc1cc(C[C@@H](C[C@H](N)[C@@H](O)C[C@H](C(=O)NCC(C)(C)C(N)=O)C(C)C)C(C)C)ccc1OC.COc1ccccc1Oc1c(NS(=O)(=O)c2ccc(C)cn2)nc(-c2ccncc2)nc1OC. The van der Waals surface area contributed by atoms with E-state index in [0.29, 0.717) is 54.1 Å². The number of hydrogen-bond donors (Lipinski definition) is 5. The molecule has 0 aliphatic carbocycles. The number of aryl methyl sites for hydroxylation is 1. The van der Waals surface area contributed by atoms with Crippen LogP contribution in [0.3, 0.4) is 0 Å². The Bertz CT molecular complexity index is 2640. The predicted molar refractivity (Wildman–Crippen MR) is 279 cm³/mol. The highest BCUT2D eigenvalue weighted by Crippen LogP contribution is 2.41. The first kappa shape index (κ1) is 59.0. The average Bonchev–Trinajstić information content (AvgIpc) is 3.36. The molecule has 5 aromatic rings. The van der Waals surface area contributed by atoms with Gasteiger partial charge in [0.2, 0.25) is 17.6 Å². The van der Waals surface area contributed by atoms with Gasteiger partial charge in [0.15, 0.2) is 39.7 Å². The second kappa shape index (κ2) is 28.0. The van der Waals surface area contributed by atoms with Gasteiger partial charge in [-0.05, 0) is 111 Å². The van der Waals surface area contributed by atoms with Crippen LogP contribution in [0.4, 0.5) is 5.82 Å². The number of nitrogens with two attached hydrogens (primary N) is 2. The summed E-state index contributed by atoms with van der Waals surface area (Å²) in [4.78, 5) is 41.4. The van der Waals surface area contributed by atoms with E-state index in [0.717, 1.165) is 24.0 Å². The molecule has 3 heterocycles. The largest absolute Gasteiger partial charge is 0.493 e. The second-order valence-corrected chi connectivity index (χ2v) is 20.5. The summed E-state index contributed by atoms with van der Waals surface area (Å²) in [7, 11) is 2.07. The molecule has 2 aromatic carbocycles. The normalized spacial score (nSPS) is 13.2. The molecule has 7 N–H and O–H groups in total. The monoisotopic (exact) mass is 1030 g/mol. The maximum absolute atomic E-state index is 13.1. The Morgan fingerprint density at radius 2 is 1.49 bits per heavy atom. The van der Waals surface area contributed by atoms with Crippen molar-refractivity contribution in [1.29, 1.82) is 0 Å². The minimum atomic E-state index is -4.12. The van der Waals surface area contributed by atoms with Crippen LogP contribution in [0, 0.1) is 36.0 Å². The van der Waals surface area contributed by atoms with E-state index in [9.17, 15) is 23.1 Å². The summed E-state index contributed by atoms with van der Waals surface area (Å²) in [6.07, 6.45) is 6.17. The Kier molecular flexibility index (Phi) is 22.6. The molecule has 0 bridgehead atoms. The minimum Gasteiger partial charge on any atom is -0.493 e. The van der Waals surface area contributed by atoms with Gasteiger partial charge in [0.1, 0.15) is 0 Å². The lowest BCUT2D eigenvalue weighted by atomic mass is 9.80. The molecule has 20 heteroatoms. The first-order valence-corrected chi connectivity index (χ1v) is 25.5. The molecule has 0 fully saturated rings. The third-order valence-corrected chi connectivity index (χ3v) is 13.4. The van der Waals surface area contributed by atoms with E-state index < -0.39 is 39.4 Å². The molecule has 19 nitrogen and oxygen atoms in total. The Hall–Kier alpha value is -6.61. The number of anilines is 1. The first-order valence-electron chi connectivity index (χ1n) is 24.1. The third-order valence-electron chi connectivity index (χ3n) is 12.1. The van der Waals surface area contributed by atoms with Gasteiger partial charge in [-0.15, -0.1) is 0 Å². The van der Waals surface area contributed by atoms with Crippen LogP contribution in [0.1, 0.15) is 71.9 Å². The second-order valence-electron chi connectivity index (χ2n) is 18.9. The van der Waals surface area contributed by atoms with Crippen molar-refractivity contribution >= 4 is 27.7 Å². The van der Waals surface area contributed by atoms with Gasteiger partial charge in [-0.1, -0.05) is 52.0 Å². The fourth-order valence-electron chi connectivity index (χ4n) is 7.36. The van der Waals surface area contributed by atoms with E-state index in [1.165, 1.54) is 26.5 Å². The Morgan fingerprint density at radius 1 is 0.822 bits per heavy atom. The number of pyridine rings is 2. The fourth-order valence-corrected chi connectivity index (χ4v) is 8.29. The molecule has 4 atom stereocenters. The summed E-state index contributed by atoms with van der Waals surface area (Å²) in [5, 5.41) is 13.7. The van der Waals surface area contributed by atoms with Gasteiger partial charge >= 0.3 is 0 Å². The fraction of sp³-hybridized carbons (Fsp3) is 0.472. The molecule has 0 unspecified atom stereocenters. The number of methoxy groups -OCH3 is 4. The molecule has 0 spiro atoms. The number of hydrogen-bond acceptors (Lipinski definition) is 16. The number of carbonyl (C=O) groups is 2. The van der Waals surface area contributed by atoms with Crippen LogP contribution in [0.15, 0.2) is 90.3 Å². The molecule has 0 aliphatic heterocycles. The Morgan fingerprint density at radius 3 is 2.08 bits per heavy atom. The molecule has 0 saturated heterocycles. The van der Waals surface area contributed by atoms with E-state index in [1.54, 1.807) is 82.9 Å². The number of amides is 2. The summed E-state index contributed by atoms with van der Waals surface area (Å²) in [6, 6.07) is 18.8. The number of rotatable bonds is 27. The smallest absolute Gasteiger partial charge is 0.280 e. The van der Waals surface area contributed by atoms with Gasteiger partial charge < -0.3 is 50.3 Å². The van der Waals surface area contributed by atoms with Gasteiger partial charge in [0.25, 0.3) is 15.9 Å². The average molecular weight is 1030 g/mol. The molecular weight excluding hydrogens is 957 g/mol. The number of aliphatic hydroxyl groups is 1. The van der Waals surface area contributed by atoms with E-state index >= 15 is 0 Å². The van der Waals surface area contributed by atoms with Crippen LogP contribution in [0.2, 0.25) is 0 Å². The number of sulfonamides is 1. The number of nitrogens with one attached hydrogen (secondary N) is 2. The summed E-state index contributed by atoms with van der Waals surface area (Å²) in [5.74, 6) is 1.59. The molecule has 5 rings (SSSR count). The van der Waals surface area contributed by atoms with Gasteiger partial charge in [0.05, 0.1) is 39.5 Å². The zero-order chi connectivity index (χ0) is 53.9. The zero-order valence-electron chi connectivity index (χ0n) is 43.9. The maximum atomic E-state index is 13.1. The highest BCUT2D eigenvalue weighted by atomic mass is 32.2. The topological polar surface area (TPSA) is 272 Å². The lowest BCUT2D eigenvalue weighted by Crippen LogP contribution is -2.46. The van der Waals surface area contributed by atoms with Crippen LogP contribution in [0.25, 0.3) is 11.4 Å². The highest BCUT2D eigenvalue weighted by Gasteiger charge is 2.32. The molecule has 398 valence electrons. The standard InChI is InChI=1S/C30H53N3O6.C23H21N5O5S/c1-19(2)22(14-21-10-11-26(38-8)27(15-21)39-13-9-12-37-7)16-24(31)25(34)17-23(20(3)4)28(35)33-18-30(5,6)29(32)36;1-15-8-9-19(25-14-15)34(29,30)28-22-20(33-18-7-5-4-6-17(18)31-2)23(32-3)27-21(26-22)16-10-12-24-13-11-16/h10-11,15,19-20,22-25,34H,9,12-14,16-18,31H2,1-8H3,(H2,32,36)(H,33,35);4-14H,1-3H3,(H,26,27,28)/t22-,23-,24-,25-;/m0./s1. The van der Waals surface area contributed by atoms with Crippen LogP contribution in [-0.2, 0) is 30.8 Å². The number of nitrogens with zero attached hydrogens (tertiary/aromatic N) is 4. The van der Waals surface area contributed by atoms with Gasteiger partial charge in [-0.3, -0.25) is 19.3 Å². The number of para-hydroxylation sites is 2. The zero-order valence-corrected chi connectivity index (χ0v) is 44.7. The van der Waals surface area contributed by atoms with E-state index in [2.05, 4.69) is 43.8 Å². The summed E-state index contributed by atoms with van der Waals surface area (Å²) < 4.78 is 62.0. The predicted octanol–water partition coefficient (Wildman–Crippen LogP) is 7.15. The van der Waals surface area contributed by atoms with Crippen molar-refractivity contribution in [2.45, 2.75) is 91.3 Å². The quantitative estimate of drug-likeness (QED) is 0.0327. The molecular formula is C53H74N8O11S. The van der Waals surface area contributed by atoms with Crippen molar-refractivity contribution < 1.29 is 51.5 Å². The number of ether oxygens (including phenoxy) is 6. The minimum absolute atomic E-state index is 0.00829. The third kappa shape index (κ3) is 17.5. The molecule has 73 heavy (non-hydrogen) atoms. The van der Waals surface area contributed by atoms with Gasteiger partial charge in [-0.25, -0.2) is 9.97 Å². The lowest BCUT2D eigenvalue weighted by Gasteiger charge is -2.30. The van der Waals surface area contributed by atoms with Crippen molar-refractivity contribution in [2.75, 3.05) is 52.9 Å². The van der Waals surface area contributed by atoms with Crippen molar-refractivity contribution in [1.82, 2.24) is 25.3 Å². The van der Waals surface area contributed by atoms with Gasteiger partial charge in [-0.2, -0.15) is 13.4 Å². The summed E-state index contributed by atoms with van der Waals surface area (Å²) in [5.41, 5.74) is 13.6. The van der Waals surface area contributed by atoms with Crippen LogP contribution in [-0.4, -0.2) is 106 Å². The Labute approximate surface area is 430 Å². The molecule has 3 aromatic heterocycles. The molecule has 0 saturated carbocycles. The van der Waals surface area contributed by atoms with Crippen molar-refractivity contribution in [3.05, 3.63) is 96.4 Å². The summed E-state index contributed by atoms with van der Waals surface area (Å²) >= 11 is 0. The Balaban J connectivity index is 0.000000319. The highest BCUT2D eigenvalue weighted by molar-refractivity contribution is 7.92. The number of aromatic nitrogens is 4. The number of aliphatic hydroxyl groups excluding tert-OH is 1. The van der Waals surface area contributed by atoms with Gasteiger partial charge in [0, 0.05) is 62.8 Å². The first-order chi connectivity index (χ1) is 34.6. The number of benzene rings is 2. The van der Waals surface area contributed by atoms with Crippen LogP contribution >= 0.6 is 0 Å². The van der Waals surface area contributed by atoms with Crippen molar-refractivity contribution in [3.8, 4) is 46.0 Å². The maximum Gasteiger partial charge on any atom is 0.280 e. The van der Waals surface area contributed by atoms with Crippen LogP contribution < -0.4 is 45.2 Å². The molecule has 0 radical (unpaired) electrons. The van der Waals surface area contributed by atoms with Crippen molar-refractivity contribution in [3.63, 3.8) is 0 Å². The van der Waals surface area contributed by atoms with E-state index in [-0.39, 0.29) is 59.0 Å². The number of primary amides is 1. The molecule has 2 amide bonds. The molecule has 0 aliphatic rings.